The first-order valence-electron chi connectivity index (χ1n) is 5.49. The highest BCUT2D eigenvalue weighted by Gasteiger charge is 2.08. The van der Waals surface area contributed by atoms with Crippen molar-refractivity contribution in [3.05, 3.63) is 35.4 Å². The molecule has 0 spiro atoms. The van der Waals surface area contributed by atoms with Crippen molar-refractivity contribution in [2.45, 2.75) is 32.6 Å². The van der Waals surface area contributed by atoms with Crippen molar-refractivity contribution in [1.29, 1.82) is 0 Å². The number of likely N-dealkylation sites (N-methyl/N-ethyl adjacent to an activating group) is 1. The smallest absolute Gasteiger partial charge is 0.00171 e. The van der Waals surface area contributed by atoms with Gasteiger partial charge < -0.3 is 5.32 Å². The van der Waals surface area contributed by atoms with E-state index in [1.54, 1.807) is 0 Å². The number of aryl methyl sites for hydroxylation is 1. The maximum Gasteiger partial charge on any atom is 0.00171 e. The van der Waals surface area contributed by atoms with E-state index in [0.717, 1.165) is 6.54 Å². The van der Waals surface area contributed by atoms with Crippen LogP contribution in [0.2, 0.25) is 0 Å². The summed E-state index contributed by atoms with van der Waals surface area (Å²) >= 11 is 0. The Morgan fingerprint density at radius 3 is 2.36 bits per heavy atom. The molecular formula is C13H21N. The van der Waals surface area contributed by atoms with Crippen LogP contribution in [0.3, 0.4) is 0 Å². The van der Waals surface area contributed by atoms with E-state index < -0.39 is 0 Å². The Morgan fingerprint density at radius 2 is 1.86 bits per heavy atom. The highest BCUT2D eigenvalue weighted by atomic mass is 14.8. The van der Waals surface area contributed by atoms with Gasteiger partial charge in [0.1, 0.15) is 0 Å². The number of nitrogens with one attached hydrogen (secondary N) is 1. The van der Waals surface area contributed by atoms with Crippen molar-refractivity contribution in [3.8, 4) is 0 Å². The molecule has 0 aliphatic carbocycles. The molecule has 0 saturated carbocycles. The van der Waals surface area contributed by atoms with Gasteiger partial charge in [-0.1, -0.05) is 43.2 Å². The second kappa shape index (κ2) is 5.82. The van der Waals surface area contributed by atoms with Gasteiger partial charge in [-0.05, 0) is 31.9 Å². The fourth-order valence-electron chi connectivity index (χ4n) is 1.82. The molecule has 0 heterocycles. The molecular weight excluding hydrogens is 170 g/mol. The van der Waals surface area contributed by atoms with Crippen LogP contribution in [0.5, 0.6) is 0 Å². The van der Waals surface area contributed by atoms with Crippen LogP contribution >= 0.6 is 0 Å². The zero-order valence-corrected chi connectivity index (χ0v) is 9.51. The van der Waals surface area contributed by atoms with Gasteiger partial charge >= 0.3 is 0 Å². The Morgan fingerprint density at radius 1 is 1.21 bits per heavy atom. The first-order valence-corrected chi connectivity index (χ1v) is 5.49. The minimum Gasteiger partial charge on any atom is -0.319 e. The van der Waals surface area contributed by atoms with Crippen LogP contribution in [0.4, 0.5) is 0 Å². The van der Waals surface area contributed by atoms with Crippen molar-refractivity contribution >= 4 is 0 Å². The fraction of sp³-hybridized carbons (Fsp3) is 0.538. The summed E-state index contributed by atoms with van der Waals surface area (Å²) in [5.74, 6) is 0.672. The van der Waals surface area contributed by atoms with E-state index in [0.29, 0.717) is 5.92 Å². The third kappa shape index (κ3) is 3.15. The van der Waals surface area contributed by atoms with E-state index in [1.165, 1.54) is 24.0 Å². The third-order valence-electron chi connectivity index (χ3n) is 2.64. The summed E-state index contributed by atoms with van der Waals surface area (Å²) in [5.41, 5.74) is 2.81. The molecule has 1 aromatic carbocycles. The maximum absolute atomic E-state index is 3.27. The molecule has 0 radical (unpaired) electrons. The Balaban J connectivity index is 2.71. The van der Waals surface area contributed by atoms with Crippen molar-refractivity contribution in [2.75, 3.05) is 13.6 Å². The van der Waals surface area contributed by atoms with Crippen molar-refractivity contribution in [2.24, 2.45) is 0 Å². The average Bonchev–Trinajstić information content (AvgIpc) is 2.19. The number of rotatable bonds is 5. The molecule has 14 heavy (non-hydrogen) atoms. The zero-order valence-electron chi connectivity index (χ0n) is 9.51. The standard InChI is InChI=1S/C13H21N/c1-4-5-13(10-14-3)12-8-6-11(2)7-9-12/h6-9,13-14H,4-5,10H2,1-3H3. The molecule has 1 unspecified atom stereocenters. The van der Waals surface area contributed by atoms with Gasteiger partial charge in [0, 0.05) is 6.54 Å². The van der Waals surface area contributed by atoms with Crippen molar-refractivity contribution in [1.82, 2.24) is 5.32 Å². The predicted molar refractivity (Wildman–Crippen MR) is 62.8 cm³/mol. The molecule has 0 aliphatic heterocycles. The lowest BCUT2D eigenvalue weighted by atomic mass is 9.94. The third-order valence-corrected chi connectivity index (χ3v) is 2.64. The average molecular weight is 191 g/mol. The van der Waals surface area contributed by atoms with Gasteiger partial charge in [0.15, 0.2) is 0 Å². The number of hydrogen-bond acceptors (Lipinski definition) is 1. The lowest BCUT2D eigenvalue weighted by Crippen LogP contribution is -2.17. The first-order chi connectivity index (χ1) is 6.77. The summed E-state index contributed by atoms with van der Waals surface area (Å²) in [4.78, 5) is 0. The highest BCUT2D eigenvalue weighted by molar-refractivity contribution is 5.24. The van der Waals surface area contributed by atoms with Gasteiger partial charge in [0.2, 0.25) is 0 Å². The van der Waals surface area contributed by atoms with Crippen LogP contribution in [0.15, 0.2) is 24.3 Å². The summed E-state index contributed by atoms with van der Waals surface area (Å²) in [6.45, 7) is 5.46. The van der Waals surface area contributed by atoms with Gasteiger partial charge in [0.05, 0.1) is 0 Å². The van der Waals surface area contributed by atoms with Gasteiger partial charge in [-0.3, -0.25) is 0 Å². The second-order valence-corrected chi connectivity index (χ2v) is 3.95. The molecule has 0 bridgehead atoms. The van der Waals surface area contributed by atoms with Crippen LogP contribution < -0.4 is 5.32 Å². The van der Waals surface area contributed by atoms with Gasteiger partial charge in [-0.25, -0.2) is 0 Å². The summed E-state index contributed by atoms with van der Waals surface area (Å²) in [5, 5.41) is 3.27. The van der Waals surface area contributed by atoms with Crippen LogP contribution in [0.1, 0.15) is 36.8 Å². The topological polar surface area (TPSA) is 12.0 Å². The molecule has 1 N–H and O–H groups in total. The summed E-state index contributed by atoms with van der Waals surface area (Å²) in [7, 11) is 2.02. The van der Waals surface area contributed by atoms with E-state index in [9.17, 15) is 0 Å². The molecule has 0 amide bonds. The summed E-state index contributed by atoms with van der Waals surface area (Å²) in [6, 6.07) is 8.92. The molecule has 1 nitrogen and oxygen atoms in total. The predicted octanol–water partition coefficient (Wildman–Crippen LogP) is 3.10. The Bertz CT molecular complexity index is 244. The number of hydrogen-bond donors (Lipinski definition) is 1. The van der Waals surface area contributed by atoms with Gasteiger partial charge in [-0.15, -0.1) is 0 Å². The molecule has 0 saturated heterocycles. The molecule has 1 aromatic rings. The van der Waals surface area contributed by atoms with E-state index in [4.69, 9.17) is 0 Å². The SMILES string of the molecule is CCCC(CNC)c1ccc(C)cc1. The largest absolute Gasteiger partial charge is 0.319 e. The van der Waals surface area contributed by atoms with E-state index >= 15 is 0 Å². The Labute approximate surface area is 87.5 Å². The normalized spacial score (nSPS) is 12.8. The lowest BCUT2D eigenvalue weighted by molar-refractivity contribution is 0.576. The quantitative estimate of drug-likeness (QED) is 0.754. The van der Waals surface area contributed by atoms with E-state index in [1.807, 2.05) is 7.05 Å². The molecule has 1 atom stereocenters. The fourth-order valence-corrected chi connectivity index (χ4v) is 1.82. The van der Waals surface area contributed by atoms with Crippen LogP contribution in [-0.2, 0) is 0 Å². The molecule has 1 rings (SSSR count). The minimum absolute atomic E-state index is 0.672. The minimum atomic E-state index is 0.672. The van der Waals surface area contributed by atoms with Crippen LogP contribution in [-0.4, -0.2) is 13.6 Å². The van der Waals surface area contributed by atoms with Crippen molar-refractivity contribution < 1.29 is 0 Å². The highest BCUT2D eigenvalue weighted by Crippen LogP contribution is 2.20. The zero-order chi connectivity index (χ0) is 10.4. The molecule has 0 fully saturated rings. The monoisotopic (exact) mass is 191 g/mol. The molecule has 78 valence electrons. The van der Waals surface area contributed by atoms with Crippen LogP contribution in [0.25, 0.3) is 0 Å². The van der Waals surface area contributed by atoms with E-state index in [-0.39, 0.29) is 0 Å². The Kier molecular flexibility index (Phi) is 4.68. The second-order valence-electron chi connectivity index (χ2n) is 3.95. The first kappa shape index (κ1) is 11.3. The van der Waals surface area contributed by atoms with Gasteiger partial charge in [0.25, 0.3) is 0 Å². The molecule has 1 heteroatoms. The summed E-state index contributed by atoms with van der Waals surface area (Å²) < 4.78 is 0. The number of benzene rings is 1. The van der Waals surface area contributed by atoms with Crippen LogP contribution in [0, 0.1) is 6.92 Å². The summed E-state index contributed by atoms with van der Waals surface area (Å²) in [6.07, 6.45) is 2.52. The molecule has 0 aromatic heterocycles. The van der Waals surface area contributed by atoms with Gasteiger partial charge in [-0.2, -0.15) is 0 Å². The Hall–Kier alpha value is -0.820. The molecule has 0 aliphatic rings. The maximum atomic E-state index is 3.27. The van der Waals surface area contributed by atoms with E-state index in [2.05, 4.69) is 43.4 Å². The van der Waals surface area contributed by atoms with Crippen molar-refractivity contribution in [3.63, 3.8) is 0 Å². The lowest BCUT2D eigenvalue weighted by Gasteiger charge is -2.16.